The van der Waals surface area contributed by atoms with Gasteiger partial charge < -0.3 is 14.2 Å². The van der Waals surface area contributed by atoms with Gasteiger partial charge in [0.15, 0.2) is 11.5 Å². The number of amides is 1. The normalized spacial score (nSPS) is 14.5. The molecule has 10 nitrogen and oxygen atoms in total. The van der Waals surface area contributed by atoms with Crippen molar-refractivity contribution >= 4 is 39.6 Å². The van der Waals surface area contributed by atoms with Crippen LogP contribution in [0.15, 0.2) is 28.1 Å². The number of thiophene rings is 1. The van der Waals surface area contributed by atoms with Crippen molar-refractivity contribution in [1.29, 1.82) is 0 Å². The Morgan fingerprint density at radius 2 is 2.13 bits per heavy atom. The fraction of sp³-hybridized carbons (Fsp3) is 0.368. The number of piperidine rings is 1. The van der Waals surface area contributed by atoms with Gasteiger partial charge >= 0.3 is 11.0 Å². The van der Waals surface area contributed by atoms with Crippen LogP contribution in [-0.2, 0) is 4.74 Å². The molecule has 0 radical (unpaired) electrons. The van der Waals surface area contributed by atoms with E-state index in [4.69, 9.17) is 9.26 Å². The Morgan fingerprint density at radius 3 is 2.81 bits per heavy atom. The van der Waals surface area contributed by atoms with Crippen molar-refractivity contribution in [3.8, 4) is 11.5 Å². The molecule has 1 fully saturated rings. The molecule has 0 saturated carbocycles. The fourth-order valence-electron chi connectivity index (χ4n) is 3.31. The van der Waals surface area contributed by atoms with Gasteiger partial charge in [-0.1, -0.05) is 16.5 Å². The van der Waals surface area contributed by atoms with Crippen LogP contribution >= 0.6 is 22.7 Å². The Bertz CT molecular complexity index is 1110. The number of likely N-dealkylation sites (tertiary alicyclic amines) is 1. The van der Waals surface area contributed by atoms with Gasteiger partial charge in [-0.2, -0.15) is 0 Å². The van der Waals surface area contributed by atoms with E-state index in [-0.39, 0.29) is 29.1 Å². The SMILES string of the molecule is CCOC(=O)c1cc(-c2csc(C3CCN(C(=O)c4ccc([N+](=O)[O-])s4)CC3)n2)on1. The maximum atomic E-state index is 12.6. The van der Waals surface area contributed by atoms with Crippen molar-refractivity contribution in [1.82, 2.24) is 15.0 Å². The summed E-state index contributed by atoms with van der Waals surface area (Å²) in [6.45, 7) is 3.08. The first-order valence-corrected chi connectivity index (χ1v) is 11.3. The van der Waals surface area contributed by atoms with Crippen molar-refractivity contribution in [2.45, 2.75) is 25.7 Å². The molecule has 4 rings (SSSR count). The van der Waals surface area contributed by atoms with Crippen LogP contribution in [0.3, 0.4) is 0 Å². The minimum atomic E-state index is -0.541. The minimum Gasteiger partial charge on any atom is -0.461 e. The van der Waals surface area contributed by atoms with E-state index in [1.54, 1.807) is 11.8 Å². The molecule has 3 aromatic heterocycles. The monoisotopic (exact) mass is 462 g/mol. The summed E-state index contributed by atoms with van der Waals surface area (Å²) >= 11 is 2.40. The lowest BCUT2D eigenvalue weighted by Gasteiger charge is -2.30. The highest BCUT2D eigenvalue weighted by atomic mass is 32.1. The van der Waals surface area contributed by atoms with E-state index < -0.39 is 10.9 Å². The van der Waals surface area contributed by atoms with Gasteiger partial charge in [-0.15, -0.1) is 11.3 Å². The number of rotatable bonds is 6. The van der Waals surface area contributed by atoms with Crippen LogP contribution in [-0.4, -0.2) is 51.5 Å². The topological polar surface area (TPSA) is 129 Å². The molecule has 1 amide bonds. The Kier molecular flexibility index (Phi) is 6.09. The van der Waals surface area contributed by atoms with E-state index >= 15 is 0 Å². The zero-order valence-electron chi connectivity index (χ0n) is 16.5. The summed E-state index contributed by atoms with van der Waals surface area (Å²) in [7, 11) is 0. The summed E-state index contributed by atoms with van der Waals surface area (Å²) in [6, 6.07) is 4.38. The number of hydrogen-bond donors (Lipinski definition) is 0. The minimum absolute atomic E-state index is 0.0351. The number of nitrogens with zero attached hydrogens (tertiary/aromatic N) is 4. The maximum absolute atomic E-state index is 12.6. The van der Waals surface area contributed by atoms with Crippen LogP contribution in [0.5, 0.6) is 0 Å². The molecule has 0 aromatic carbocycles. The predicted molar refractivity (Wildman–Crippen MR) is 112 cm³/mol. The van der Waals surface area contributed by atoms with Crippen LogP contribution in [0.4, 0.5) is 5.00 Å². The van der Waals surface area contributed by atoms with Crippen molar-refractivity contribution in [2.24, 2.45) is 0 Å². The molecular formula is C19H18N4O6S2. The molecule has 1 aliphatic rings. The molecule has 0 bridgehead atoms. The molecule has 1 saturated heterocycles. The van der Waals surface area contributed by atoms with Gasteiger partial charge in [-0.25, -0.2) is 9.78 Å². The van der Waals surface area contributed by atoms with Crippen LogP contribution in [0, 0.1) is 10.1 Å². The maximum Gasteiger partial charge on any atom is 0.360 e. The molecule has 31 heavy (non-hydrogen) atoms. The number of nitro groups is 1. The molecule has 0 unspecified atom stereocenters. The molecular weight excluding hydrogens is 444 g/mol. The lowest BCUT2D eigenvalue weighted by molar-refractivity contribution is -0.380. The van der Waals surface area contributed by atoms with Gasteiger partial charge in [-0.3, -0.25) is 14.9 Å². The highest BCUT2D eigenvalue weighted by Gasteiger charge is 2.28. The van der Waals surface area contributed by atoms with Gasteiger partial charge in [0, 0.05) is 36.5 Å². The lowest BCUT2D eigenvalue weighted by Crippen LogP contribution is -2.37. The highest BCUT2D eigenvalue weighted by Crippen LogP contribution is 2.34. The summed E-state index contributed by atoms with van der Waals surface area (Å²) in [5.41, 5.74) is 0.708. The molecule has 162 valence electrons. The van der Waals surface area contributed by atoms with E-state index in [1.807, 2.05) is 5.38 Å². The average Bonchev–Trinajstić information content (AvgIpc) is 3.53. The largest absolute Gasteiger partial charge is 0.461 e. The van der Waals surface area contributed by atoms with Gasteiger partial charge in [0.1, 0.15) is 5.69 Å². The van der Waals surface area contributed by atoms with Crippen molar-refractivity contribution in [3.63, 3.8) is 0 Å². The molecule has 4 heterocycles. The van der Waals surface area contributed by atoms with Gasteiger partial charge in [0.05, 0.1) is 21.4 Å². The first kappa shape index (κ1) is 21.1. The zero-order valence-corrected chi connectivity index (χ0v) is 18.1. The quantitative estimate of drug-likeness (QED) is 0.306. The third-order valence-electron chi connectivity index (χ3n) is 4.88. The second-order valence-electron chi connectivity index (χ2n) is 6.83. The third kappa shape index (κ3) is 4.49. The summed E-state index contributed by atoms with van der Waals surface area (Å²) in [5, 5.41) is 17.3. The van der Waals surface area contributed by atoms with E-state index in [1.165, 1.54) is 29.5 Å². The van der Waals surface area contributed by atoms with E-state index in [2.05, 4.69) is 10.1 Å². The Labute approximate surface area is 184 Å². The number of carbonyl (C=O) groups excluding carboxylic acids is 2. The van der Waals surface area contributed by atoms with Crippen LogP contribution in [0.1, 0.15) is 50.9 Å². The van der Waals surface area contributed by atoms with E-state index in [0.29, 0.717) is 29.4 Å². The number of hydrogen-bond acceptors (Lipinski definition) is 10. The molecule has 12 heteroatoms. The molecule has 0 N–H and O–H groups in total. The number of ether oxygens (including phenoxy) is 1. The smallest absolute Gasteiger partial charge is 0.360 e. The predicted octanol–water partition coefficient (Wildman–Crippen LogP) is 3.96. The van der Waals surface area contributed by atoms with Crippen LogP contribution in [0.2, 0.25) is 0 Å². The van der Waals surface area contributed by atoms with Gasteiger partial charge in [0.2, 0.25) is 0 Å². The summed E-state index contributed by atoms with van der Waals surface area (Å²) in [5.74, 6) is -0.115. The summed E-state index contributed by atoms with van der Waals surface area (Å²) in [6.07, 6.45) is 1.49. The van der Waals surface area contributed by atoms with Crippen molar-refractivity contribution < 1.29 is 23.8 Å². The molecule has 0 aliphatic carbocycles. The number of esters is 1. The van der Waals surface area contributed by atoms with Crippen molar-refractivity contribution in [2.75, 3.05) is 19.7 Å². The van der Waals surface area contributed by atoms with E-state index in [0.717, 1.165) is 29.2 Å². The summed E-state index contributed by atoms with van der Waals surface area (Å²) in [4.78, 5) is 41.4. The van der Waals surface area contributed by atoms with Crippen LogP contribution < -0.4 is 0 Å². The zero-order chi connectivity index (χ0) is 22.0. The number of aromatic nitrogens is 2. The third-order valence-corrected chi connectivity index (χ3v) is 6.92. The van der Waals surface area contributed by atoms with Crippen LogP contribution in [0.25, 0.3) is 11.5 Å². The highest BCUT2D eigenvalue weighted by molar-refractivity contribution is 7.17. The van der Waals surface area contributed by atoms with Gasteiger partial charge in [0.25, 0.3) is 5.91 Å². The Balaban J connectivity index is 1.37. The van der Waals surface area contributed by atoms with E-state index in [9.17, 15) is 19.7 Å². The number of thiazole rings is 1. The first-order chi connectivity index (χ1) is 15.0. The standard InChI is InChI=1S/C19H18N4O6S2/c1-2-28-19(25)12-9-14(29-21-12)13-10-30-17(20-13)11-5-7-22(8-6-11)18(24)15-3-4-16(31-15)23(26)27/h3-4,9-11H,2,5-8H2,1H3. The molecule has 3 aromatic rings. The molecule has 1 aliphatic heterocycles. The van der Waals surface area contributed by atoms with Gasteiger partial charge in [-0.05, 0) is 25.8 Å². The second kappa shape index (κ2) is 8.94. The summed E-state index contributed by atoms with van der Waals surface area (Å²) < 4.78 is 10.1. The molecule has 0 atom stereocenters. The second-order valence-corrected chi connectivity index (χ2v) is 8.78. The Hall–Kier alpha value is -3.12. The Morgan fingerprint density at radius 1 is 1.35 bits per heavy atom. The molecule has 0 spiro atoms. The average molecular weight is 463 g/mol. The lowest BCUT2D eigenvalue weighted by atomic mass is 9.97. The fourth-order valence-corrected chi connectivity index (χ4v) is 5.08. The first-order valence-electron chi connectivity index (χ1n) is 9.59. The van der Waals surface area contributed by atoms with Crippen molar-refractivity contribution in [3.05, 3.63) is 49.3 Å². The number of carbonyl (C=O) groups is 2.